The maximum atomic E-state index is 5.38. The Kier molecular flexibility index (Phi) is 5.27. The number of methoxy groups -OCH3 is 1. The first kappa shape index (κ1) is 16.7. The third-order valence-electron chi connectivity index (χ3n) is 3.60. The SMILES string of the molecule is COc1cccc(-c2noc(CN(C)Cc3ccccc3Br)n2)c1. The van der Waals surface area contributed by atoms with Gasteiger partial charge in [-0.2, -0.15) is 4.98 Å². The fourth-order valence-electron chi connectivity index (χ4n) is 2.40. The van der Waals surface area contributed by atoms with Gasteiger partial charge in [0.2, 0.25) is 11.7 Å². The minimum Gasteiger partial charge on any atom is -0.497 e. The van der Waals surface area contributed by atoms with E-state index < -0.39 is 0 Å². The Labute approximate surface area is 149 Å². The lowest BCUT2D eigenvalue weighted by Crippen LogP contribution is -2.17. The van der Waals surface area contributed by atoms with E-state index in [4.69, 9.17) is 9.26 Å². The molecule has 0 atom stereocenters. The fraction of sp³-hybridized carbons (Fsp3) is 0.222. The summed E-state index contributed by atoms with van der Waals surface area (Å²) in [4.78, 5) is 6.60. The zero-order chi connectivity index (χ0) is 16.9. The first-order chi connectivity index (χ1) is 11.7. The van der Waals surface area contributed by atoms with Crippen molar-refractivity contribution in [1.82, 2.24) is 15.0 Å². The molecule has 0 fully saturated rings. The van der Waals surface area contributed by atoms with E-state index in [1.54, 1.807) is 7.11 Å². The van der Waals surface area contributed by atoms with Crippen LogP contribution in [-0.4, -0.2) is 29.2 Å². The van der Waals surface area contributed by atoms with Gasteiger partial charge in [0.05, 0.1) is 13.7 Å². The molecule has 3 rings (SSSR count). The molecule has 0 radical (unpaired) electrons. The van der Waals surface area contributed by atoms with Crippen molar-refractivity contribution in [2.75, 3.05) is 14.2 Å². The van der Waals surface area contributed by atoms with Crippen LogP contribution in [0.3, 0.4) is 0 Å². The van der Waals surface area contributed by atoms with Gasteiger partial charge in [-0.25, -0.2) is 0 Å². The van der Waals surface area contributed by atoms with E-state index in [0.29, 0.717) is 18.3 Å². The fourth-order valence-corrected chi connectivity index (χ4v) is 2.81. The Bertz CT molecular complexity index is 819. The Balaban J connectivity index is 1.68. The summed E-state index contributed by atoms with van der Waals surface area (Å²) in [5.41, 5.74) is 2.09. The number of halogens is 1. The van der Waals surface area contributed by atoms with E-state index in [0.717, 1.165) is 22.3 Å². The van der Waals surface area contributed by atoms with Crippen LogP contribution in [0.2, 0.25) is 0 Å². The second kappa shape index (κ2) is 7.59. The number of benzene rings is 2. The highest BCUT2D eigenvalue weighted by atomic mass is 79.9. The van der Waals surface area contributed by atoms with E-state index in [-0.39, 0.29) is 0 Å². The molecule has 5 nitrogen and oxygen atoms in total. The lowest BCUT2D eigenvalue weighted by atomic mass is 10.2. The number of rotatable bonds is 6. The standard InChI is InChI=1S/C18H18BrN3O2/c1-22(11-14-6-3-4-9-16(14)19)12-17-20-18(21-24-17)13-7-5-8-15(10-13)23-2/h3-10H,11-12H2,1-2H3. The molecule has 24 heavy (non-hydrogen) atoms. The molecule has 0 spiro atoms. The minimum absolute atomic E-state index is 0.568. The molecule has 0 N–H and O–H groups in total. The number of nitrogens with zero attached hydrogens (tertiary/aromatic N) is 3. The maximum Gasteiger partial charge on any atom is 0.241 e. The summed E-state index contributed by atoms with van der Waals surface area (Å²) in [6, 6.07) is 15.8. The summed E-state index contributed by atoms with van der Waals surface area (Å²) in [7, 11) is 3.66. The van der Waals surface area contributed by atoms with Gasteiger partial charge in [-0.15, -0.1) is 0 Å². The molecule has 124 valence electrons. The molecule has 0 aliphatic rings. The smallest absolute Gasteiger partial charge is 0.241 e. The van der Waals surface area contributed by atoms with Crippen molar-refractivity contribution >= 4 is 15.9 Å². The highest BCUT2D eigenvalue weighted by Crippen LogP contribution is 2.22. The van der Waals surface area contributed by atoms with E-state index >= 15 is 0 Å². The summed E-state index contributed by atoms with van der Waals surface area (Å²) >= 11 is 3.57. The summed E-state index contributed by atoms with van der Waals surface area (Å²) in [6.07, 6.45) is 0. The zero-order valence-electron chi connectivity index (χ0n) is 13.6. The largest absolute Gasteiger partial charge is 0.497 e. The second-order valence-corrected chi connectivity index (χ2v) is 6.36. The van der Waals surface area contributed by atoms with Gasteiger partial charge in [0.15, 0.2) is 0 Å². The van der Waals surface area contributed by atoms with Crippen LogP contribution in [0.25, 0.3) is 11.4 Å². The maximum absolute atomic E-state index is 5.38. The molecule has 0 aliphatic carbocycles. The van der Waals surface area contributed by atoms with Crippen molar-refractivity contribution in [1.29, 1.82) is 0 Å². The minimum atomic E-state index is 0.568. The third kappa shape index (κ3) is 4.01. The highest BCUT2D eigenvalue weighted by Gasteiger charge is 2.12. The zero-order valence-corrected chi connectivity index (χ0v) is 15.2. The topological polar surface area (TPSA) is 51.4 Å². The molecule has 6 heteroatoms. The number of hydrogen-bond acceptors (Lipinski definition) is 5. The van der Waals surface area contributed by atoms with Gasteiger partial charge in [0, 0.05) is 16.6 Å². The molecule has 3 aromatic rings. The lowest BCUT2D eigenvalue weighted by Gasteiger charge is -2.15. The molecule has 0 unspecified atom stereocenters. The van der Waals surface area contributed by atoms with Crippen molar-refractivity contribution in [3.05, 3.63) is 64.5 Å². The van der Waals surface area contributed by atoms with Gasteiger partial charge in [0.1, 0.15) is 5.75 Å². The van der Waals surface area contributed by atoms with Crippen molar-refractivity contribution in [3.8, 4) is 17.1 Å². The Morgan fingerprint density at radius 2 is 1.96 bits per heavy atom. The van der Waals surface area contributed by atoms with Gasteiger partial charge in [0.25, 0.3) is 0 Å². The van der Waals surface area contributed by atoms with E-state index in [1.165, 1.54) is 5.56 Å². The second-order valence-electron chi connectivity index (χ2n) is 5.51. The summed E-state index contributed by atoms with van der Waals surface area (Å²) in [5, 5.41) is 4.06. The average Bonchev–Trinajstić information content (AvgIpc) is 3.05. The molecule has 2 aromatic carbocycles. The van der Waals surface area contributed by atoms with Gasteiger partial charge in [-0.05, 0) is 30.8 Å². The summed E-state index contributed by atoms with van der Waals surface area (Å²) < 4.78 is 11.7. The van der Waals surface area contributed by atoms with E-state index in [9.17, 15) is 0 Å². The van der Waals surface area contributed by atoms with Crippen LogP contribution in [-0.2, 0) is 13.1 Å². The number of aromatic nitrogens is 2. The van der Waals surface area contributed by atoms with Gasteiger partial charge < -0.3 is 9.26 Å². The van der Waals surface area contributed by atoms with Crippen LogP contribution in [0.1, 0.15) is 11.5 Å². The molecule has 1 heterocycles. The van der Waals surface area contributed by atoms with Crippen molar-refractivity contribution < 1.29 is 9.26 Å². The molecule has 0 bridgehead atoms. The third-order valence-corrected chi connectivity index (χ3v) is 4.37. The molecular weight excluding hydrogens is 370 g/mol. The predicted octanol–water partition coefficient (Wildman–Crippen LogP) is 4.14. The van der Waals surface area contributed by atoms with Crippen LogP contribution in [0, 0.1) is 0 Å². The first-order valence-electron chi connectivity index (χ1n) is 7.54. The summed E-state index contributed by atoms with van der Waals surface area (Å²) in [6.45, 7) is 1.37. The summed E-state index contributed by atoms with van der Waals surface area (Å²) in [5.74, 6) is 1.92. The molecule has 0 aliphatic heterocycles. The molecule has 0 saturated heterocycles. The molecular formula is C18H18BrN3O2. The van der Waals surface area contributed by atoms with Crippen LogP contribution >= 0.6 is 15.9 Å². The van der Waals surface area contributed by atoms with Crippen LogP contribution in [0.4, 0.5) is 0 Å². The Hall–Kier alpha value is -2.18. The van der Waals surface area contributed by atoms with E-state index in [1.807, 2.05) is 49.5 Å². The van der Waals surface area contributed by atoms with Gasteiger partial charge >= 0.3 is 0 Å². The van der Waals surface area contributed by atoms with Crippen LogP contribution in [0.15, 0.2) is 57.5 Å². The first-order valence-corrected chi connectivity index (χ1v) is 8.34. The highest BCUT2D eigenvalue weighted by molar-refractivity contribution is 9.10. The van der Waals surface area contributed by atoms with Crippen molar-refractivity contribution in [2.45, 2.75) is 13.1 Å². The molecule has 1 aromatic heterocycles. The van der Waals surface area contributed by atoms with Gasteiger partial charge in [-0.1, -0.05) is 51.4 Å². The van der Waals surface area contributed by atoms with Gasteiger partial charge in [-0.3, -0.25) is 4.90 Å². The van der Waals surface area contributed by atoms with Crippen LogP contribution < -0.4 is 4.74 Å². The number of hydrogen-bond donors (Lipinski definition) is 0. The quantitative estimate of drug-likeness (QED) is 0.635. The lowest BCUT2D eigenvalue weighted by molar-refractivity contribution is 0.260. The van der Waals surface area contributed by atoms with Crippen LogP contribution in [0.5, 0.6) is 5.75 Å². The average molecular weight is 388 g/mol. The monoisotopic (exact) mass is 387 g/mol. The van der Waals surface area contributed by atoms with E-state index in [2.05, 4.69) is 37.0 Å². The number of ether oxygens (including phenoxy) is 1. The Morgan fingerprint density at radius 3 is 2.75 bits per heavy atom. The van der Waals surface area contributed by atoms with Crippen molar-refractivity contribution in [2.24, 2.45) is 0 Å². The molecule has 0 amide bonds. The Morgan fingerprint density at radius 1 is 1.12 bits per heavy atom. The van der Waals surface area contributed by atoms with Crippen molar-refractivity contribution in [3.63, 3.8) is 0 Å². The predicted molar refractivity (Wildman–Crippen MR) is 95.6 cm³/mol. The molecule has 0 saturated carbocycles. The normalized spacial score (nSPS) is 11.0.